The van der Waals surface area contributed by atoms with E-state index in [2.05, 4.69) is 0 Å². The van der Waals surface area contributed by atoms with E-state index in [1.165, 1.54) is 30.3 Å². The van der Waals surface area contributed by atoms with E-state index in [1.807, 2.05) is 0 Å². The molecule has 0 fully saturated rings. The van der Waals surface area contributed by atoms with Crippen LogP contribution in [-0.4, -0.2) is 4.98 Å². The molecule has 0 bridgehead atoms. The third-order valence-electron chi connectivity index (χ3n) is 2.81. The molecule has 1 heterocycles. The summed E-state index contributed by atoms with van der Waals surface area (Å²) < 4.78 is 77.3. The zero-order valence-corrected chi connectivity index (χ0v) is 11.2. The second-order valence-corrected chi connectivity index (χ2v) is 4.68. The summed E-state index contributed by atoms with van der Waals surface area (Å²) in [5.74, 6) is 0. The van der Waals surface area contributed by atoms with E-state index >= 15 is 0 Å². The summed E-state index contributed by atoms with van der Waals surface area (Å²) in [5.41, 5.74) is -5.70. The number of alkyl halides is 6. The first kappa shape index (κ1) is 16.2. The van der Waals surface area contributed by atoms with Crippen LogP contribution in [0.3, 0.4) is 0 Å². The monoisotopic (exact) mass is 338 g/mol. The molecule has 1 N–H and O–H groups in total. The van der Waals surface area contributed by atoms with Crippen LogP contribution in [0.25, 0.3) is 11.3 Å². The molecular formula is C13H5ClF6N2. The number of rotatable bonds is 1. The molecule has 0 saturated heterocycles. The molecule has 0 spiro atoms. The minimum Gasteiger partial charge on any atom is -0.349 e. The standard InChI is InChI=1S/C13H5ClF6N2/c14-7-3-1-6(2-4-7)10-8(5-21)9(12(15,16)17)11(22-10)13(18,19)20/h1-4,22H. The number of nitrogens with one attached hydrogen (secondary N) is 1. The molecule has 2 aromatic rings. The van der Waals surface area contributed by atoms with Crippen LogP contribution in [0, 0.1) is 11.3 Å². The molecule has 0 aliphatic heterocycles. The maximum atomic E-state index is 12.9. The van der Waals surface area contributed by atoms with Gasteiger partial charge < -0.3 is 4.98 Å². The van der Waals surface area contributed by atoms with Crippen LogP contribution in [0.4, 0.5) is 26.3 Å². The van der Waals surface area contributed by atoms with E-state index < -0.39 is 34.9 Å². The molecule has 9 heteroatoms. The number of nitrogens with zero attached hydrogens (tertiary/aromatic N) is 1. The van der Waals surface area contributed by atoms with E-state index in [0.717, 1.165) is 0 Å². The third kappa shape index (κ3) is 2.90. The van der Waals surface area contributed by atoms with Crippen molar-refractivity contribution in [2.45, 2.75) is 12.4 Å². The third-order valence-corrected chi connectivity index (χ3v) is 3.06. The molecule has 0 atom stereocenters. The fourth-order valence-corrected chi connectivity index (χ4v) is 2.07. The van der Waals surface area contributed by atoms with Crippen molar-refractivity contribution in [1.29, 1.82) is 5.26 Å². The Morgan fingerprint density at radius 2 is 1.50 bits per heavy atom. The van der Waals surface area contributed by atoms with Crippen molar-refractivity contribution >= 4 is 11.6 Å². The number of hydrogen-bond donors (Lipinski definition) is 1. The zero-order valence-electron chi connectivity index (χ0n) is 10.4. The number of aromatic amines is 1. The van der Waals surface area contributed by atoms with E-state index in [4.69, 9.17) is 16.9 Å². The lowest BCUT2D eigenvalue weighted by atomic mass is 10.0. The molecule has 2 nitrogen and oxygen atoms in total. The predicted octanol–water partition coefficient (Wildman–Crippen LogP) is 5.24. The average Bonchev–Trinajstić information content (AvgIpc) is 2.78. The zero-order chi connectivity index (χ0) is 16.7. The highest BCUT2D eigenvalue weighted by Gasteiger charge is 2.48. The molecule has 1 aromatic heterocycles. The summed E-state index contributed by atoms with van der Waals surface area (Å²) in [5, 5.41) is 9.14. The van der Waals surface area contributed by atoms with Crippen molar-refractivity contribution in [2.75, 3.05) is 0 Å². The Labute approximate surface area is 124 Å². The van der Waals surface area contributed by atoms with Crippen LogP contribution in [0.2, 0.25) is 5.02 Å². The van der Waals surface area contributed by atoms with Gasteiger partial charge in [0.05, 0.1) is 11.3 Å². The van der Waals surface area contributed by atoms with Gasteiger partial charge in [-0.2, -0.15) is 31.6 Å². The normalized spacial score (nSPS) is 12.3. The number of aromatic nitrogens is 1. The Kier molecular flexibility index (Phi) is 3.87. The van der Waals surface area contributed by atoms with Crippen molar-refractivity contribution in [3.05, 3.63) is 46.1 Å². The molecule has 0 radical (unpaired) electrons. The highest BCUT2D eigenvalue weighted by atomic mass is 35.5. The first-order chi connectivity index (χ1) is 10.1. The maximum Gasteiger partial charge on any atom is 0.431 e. The van der Waals surface area contributed by atoms with Crippen LogP contribution in [-0.2, 0) is 12.4 Å². The van der Waals surface area contributed by atoms with Gasteiger partial charge in [0.2, 0.25) is 0 Å². The summed E-state index contributed by atoms with van der Waals surface area (Å²) >= 11 is 5.62. The Hall–Kier alpha value is -2.14. The highest BCUT2D eigenvalue weighted by Crippen LogP contribution is 2.44. The number of nitriles is 1. The molecule has 2 rings (SSSR count). The van der Waals surface area contributed by atoms with E-state index in [0.29, 0.717) is 0 Å². The maximum absolute atomic E-state index is 12.9. The topological polar surface area (TPSA) is 39.6 Å². The van der Waals surface area contributed by atoms with Crippen molar-refractivity contribution in [1.82, 2.24) is 4.98 Å². The second kappa shape index (κ2) is 5.25. The minimum atomic E-state index is -5.32. The summed E-state index contributed by atoms with van der Waals surface area (Å²) in [4.78, 5) is 1.67. The van der Waals surface area contributed by atoms with Gasteiger partial charge in [-0.3, -0.25) is 0 Å². The molecule has 116 valence electrons. The van der Waals surface area contributed by atoms with Crippen molar-refractivity contribution < 1.29 is 26.3 Å². The Balaban J connectivity index is 2.80. The summed E-state index contributed by atoms with van der Waals surface area (Å²) in [6.45, 7) is 0. The summed E-state index contributed by atoms with van der Waals surface area (Å²) in [6, 6.07) is 6.21. The second-order valence-electron chi connectivity index (χ2n) is 4.24. The van der Waals surface area contributed by atoms with Crippen molar-refractivity contribution in [3.63, 3.8) is 0 Å². The number of halogens is 7. The molecule has 0 aliphatic rings. The quantitative estimate of drug-likeness (QED) is 0.709. The van der Waals surface area contributed by atoms with Crippen LogP contribution in [0.15, 0.2) is 24.3 Å². The molecule has 0 unspecified atom stereocenters. The van der Waals surface area contributed by atoms with Crippen LogP contribution in [0.5, 0.6) is 0 Å². The fourth-order valence-electron chi connectivity index (χ4n) is 1.94. The fraction of sp³-hybridized carbons (Fsp3) is 0.154. The Morgan fingerprint density at radius 3 is 1.91 bits per heavy atom. The average molecular weight is 339 g/mol. The van der Waals surface area contributed by atoms with Gasteiger partial charge in [-0.1, -0.05) is 23.7 Å². The van der Waals surface area contributed by atoms with Crippen LogP contribution >= 0.6 is 11.6 Å². The van der Waals surface area contributed by atoms with Gasteiger partial charge in [0, 0.05) is 5.02 Å². The lowest BCUT2D eigenvalue weighted by molar-refractivity contribution is -0.163. The Bertz CT molecular complexity index is 734. The van der Waals surface area contributed by atoms with Gasteiger partial charge in [0.1, 0.15) is 17.3 Å². The van der Waals surface area contributed by atoms with Gasteiger partial charge in [-0.25, -0.2) is 0 Å². The van der Waals surface area contributed by atoms with Crippen molar-refractivity contribution in [2.24, 2.45) is 0 Å². The SMILES string of the molecule is N#Cc1c(-c2ccc(Cl)cc2)[nH]c(C(F)(F)F)c1C(F)(F)F. The van der Waals surface area contributed by atoms with E-state index in [1.54, 1.807) is 4.98 Å². The number of benzene rings is 1. The largest absolute Gasteiger partial charge is 0.431 e. The predicted molar refractivity (Wildman–Crippen MR) is 66.0 cm³/mol. The van der Waals surface area contributed by atoms with Crippen LogP contribution in [0.1, 0.15) is 16.8 Å². The first-order valence-electron chi connectivity index (χ1n) is 5.62. The van der Waals surface area contributed by atoms with E-state index in [9.17, 15) is 26.3 Å². The summed E-state index contributed by atoms with van der Waals surface area (Å²) in [7, 11) is 0. The van der Waals surface area contributed by atoms with Gasteiger partial charge in [-0.15, -0.1) is 0 Å². The van der Waals surface area contributed by atoms with Gasteiger partial charge in [-0.05, 0) is 17.7 Å². The molecule has 0 aliphatic carbocycles. The molecule has 22 heavy (non-hydrogen) atoms. The lowest BCUT2D eigenvalue weighted by Gasteiger charge is -2.10. The minimum absolute atomic E-state index is 0.0121. The number of hydrogen-bond acceptors (Lipinski definition) is 1. The molecule has 0 saturated carbocycles. The number of H-pyrrole nitrogens is 1. The van der Waals surface area contributed by atoms with Gasteiger partial charge in [0.15, 0.2) is 0 Å². The first-order valence-corrected chi connectivity index (χ1v) is 6.00. The molecule has 0 amide bonds. The van der Waals surface area contributed by atoms with E-state index in [-0.39, 0.29) is 10.6 Å². The van der Waals surface area contributed by atoms with Gasteiger partial charge in [0.25, 0.3) is 0 Å². The summed E-state index contributed by atoms with van der Waals surface area (Å²) in [6.07, 6.45) is -10.6. The van der Waals surface area contributed by atoms with Gasteiger partial charge >= 0.3 is 12.4 Å². The van der Waals surface area contributed by atoms with Crippen LogP contribution < -0.4 is 0 Å². The Morgan fingerprint density at radius 1 is 0.955 bits per heavy atom. The highest BCUT2D eigenvalue weighted by molar-refractivity contribution is 6.30. The van der Waals surface area contributed by atoms with Crippen molar-refractivity contribution in [3.8, 4) is 17.3 Å². The lowest BCUT2D eigenvalue weighted by Crippen LogP contribution is -2.16. The molecular weight excluding hydrogens is 334 g/mol. The smallest absolute Gasteiger partial charge is 0.349 e. The molecule has 1 aromatic carbocycles.